The molecule has 4 rings (SSSR count). The van der Waals surface area contributed by atoms with Gasteiger partial charge in [0, 0.05) is 29.5 Å². The Kier molecular flexibility index (Phi) is 4.89. The number of carbonyl (C=O) groups excluding carboxylic acids is 1. The van der Waals surface area contributed by atoms with Crippen LogP contribution in [0.2, 0.25) is 0 Å². The highest BCUT2D eigenvalue weighted by Crippen LogP contribution is 2.48. The number of benzene rings is 2. The van der Waals surface area contributed by atoms with Crippen molar-refractivity contribution in [3.8, 4) is 5.69 Å². The van der Waals surface area contributed by atoms with E-state index in [2.05, 4.69) is 22.5 Å². The minimum absolute atomic E-state index is 0.0104. The Bertz CT molecular complexity index is 1080. The zero-order valence-electron chi connectivity index (χ0n) is 17.2. The Morgan fingerprint density at radius 2 is 1.80 bits per heavy atom. The lowest BCUT2D eigenvalue weighted by Crippen LogP contribution is -2.17. The number of non-ortho nitro benzene ring substituents is 1. The number of anilines is 1. The van der Waals surface area contributed by atoms with E-state index in [4.69, 9.17) is 0 Å². The topological polar surface area (TPSA) is 90.1 Å². The summed E-state index contributed by atoms with van der Waals surface area (Å²) in [6.07, 6.45) is 0.827. The molecular formula is C23H24N4O3. The van der Waals surface area contributed by atoms with Crippen molar-refractivity contribution in [3.05, 3.63) is 82.0 Å². The van der Waals surface area contributed by atoms with E-state index in [0.717, 1.165) is 12.1 Å². The average Bonchev–Trinajstić information content (AvgIpc) is 3.41. The zero-order chi connectivity index (χ0) is 21.5. The predicted molar refractivity (Wildman–Crippen MR) is 115 cm³/mol. The van der Waals surface area contributed by atoms with Gasteiger partial charge in [0.15, 0.2) is 0 Å². The first-order valence-corrected chi connectivity index (χ1v) is 9.95. The SMILES string of the molecule is CC(C)(C)c1cc(NC(=O)C2CC2c2ccccc2)n(-c2ccc([N+](=O)[O-])cc2)n1. The van der Waals surface area contributed by atoms with Crippen LogP contribution in [0.25, 0.3) is 5.69 Å². The zero-order valence-corrected chi connectivity index (χ0v) is 17.2. The fraction of sp³-hybridized carbons (Fsp3) is 0.304. The summed E-state index contributed by atoms with van der Waals surface area (Å²) in [5, 5.41) is 18.6. The van der Waals surface area contributed by atoms with E-state index in [1.54, 1.807) is 16.8 Å². The second-order valence-corrected chi connectivity index (χ2v) is 8.70. The molecule has 1 aliphatic rings. The normalized spacial score (nSPS) is 18.1. The first-order chi connectivity index (χ1) is 14.2. The molecule has 0 bridgehead atoms. The van der Waals surface area contributed by atoms with Crippen LogP contribution in [0, 0.1) is 16.0 Å². The van der Waals surface area contributed by atoms with E-state index in [-0.39, 0.29) is 28.8 Å². The number of nitro groups is 1. The van der Waals surface area contributed by atoms with E-state index in [1.165, 1.54) is 17.7 Å². The van der Waals surface area contributed by atoms with Gasteiger partial charge < -0.3 is 5.32 Å². The Hall–Kier alpha value is -3.48. The van der Waals surface area contributed by atoms with Gasteiger partial charge in [0.1, 0.15) is 5.82 Å². The number of hydrogen-bond donors (Lipinski definition) is 1. The van der Waals surface area contributed by atoms with Crippen LogP contribution in [0.5, 0.6) is 0 Å². The summed E-state index contributed by atoms with van der Waals surface area (Å²) in [5.41, 5.74) is 2.46. The molecule has 1 aliphatic carbocycles. The summed E-state index contributed by atoms with van der Waals surface area (Å²) in [6, 6.07) is 18.1. The van der Waals surface area contributed by atoms with Crippen LogP contribution in [0.15, 0.2) is 60.7 Å². The highest BCUT2D eigenvalue weighted by Gasteiger charge is 2.44. The Morgan fingerprint density at radius 1 is 1.13 bits per heavy atom. The predicted octanol–water partition coefficient (Wildman–Crippen LogP) is 4.82. The van der Waals surface area contributed by atoms with Crippen molar-refractivity contribution in [3.63, 3.8) is 0 Å². The minimum Gasteiger partial charge on any atom is -0.310 e. The molecule has 154 valence electrons. The fourth-order valence-corrected chi connectivity index (χ4v) is 3.52. The average molecular weight is 404 g/mol. The third kappa shape index (κ3) is 3.96. The lowest BCUT2D eigenvalue weighted by Gasteiger charge is -2.14. The number of aromatic nitrogens is 2. The van der Waals surface area contributed by atoms with Crippen LogP contribution < -0.4 is 5.32 Å². The third-order valence-electron chi connectivity index (χ3n) is 5.39. The number of rotatable bonds is 5. The van der Waals surface area contributed by atoms with Crippen molar-refractivity contribution >= 4 is 17.4 Å². The molecule has 0 spiro atoms. The first-order valence-electron chi connectivity index (χ1n) is 9.95. The van der Waals surface area contributed by atoms with E-state index < -0.39 is 4.92 Å². The molecule has 2 aromatic carbocycles. The number of nitrogens with zero attached hydrogens (tertiary/aromatic N) is 3. The Balaban J connectivity index is 1.60. The van der Waals surface area contributed by atoms with Crippen molar-refractivity contribution in [2.45, 2.75) is 38.5 Å². The van der Waals surface area contributed by atoms with Gasteiger partial charge in [-0.05, 0) is 30.0 Å². The molecule has 1 fully saturated rings. The highest BCUT2D eigenvalue weighted by molar-refractivity contribution is 5.95. The molecule has 1 saturated carbocycles. The summed E-state index contributed by atoms with van der Waals surface area (Å²) < 4.78 is 1.64. The van der Waals surface area contributed by atoms with Crippen molar-refractivity contribution in [1.29, 1.82) is 0 Å². The number of hydrogen-bond acceptors (Lipinski definition) is 4. The van der Waals surface area contributed by atoms with Crippen molar-refractivity contribution in [2.75, 3.05) is 5.32 Å². The van der Waals surface area contributed by atoms with E-state index in [0.29, 0.717) is 11.5 Å². The molecular weight excluding hydrogens is 380 g/mol. The summed E-state index contributed by atoms with van der Waals surface area (Å²) in [5.74, 6) is 0.708. The molecule has 7 nitrogen and oxygen atoms in total. The number of carbonyl (C=O) groups is 1. The molecule has 1 aromatic heterocycles. The molecule has 30 heavy (non-hydrogen) atoms. The number of nitrogens with one attached hydrogen (secondary N) is 1. The summed E-state index contributed by atoms with van der Waals surface area (Å²) in [7, 11) is 0. The van der Waals surface area contributed by atoms with Gasteiger partial charge in [-0.25, -0.2) is 4.68 Å². The molecule has 1 N–H and O–H groups in total. The maximum Gasteiger partial charge on any atom is 0.269 e. The number of amides is 1. The van der Waals surface area contributed by atoms with Gasteiger partial charge in [0.05, 0.1) is 16.3 Å². The second kappa shape index (κ2) is 7.40. The van der Waals surface area contributed by atoms with Crippen LogP contribution in [0.3, 0.4) is 0 Å². The largest absolute Gasteiger partial charge is 0.310 e. The molecule has 3 aromatic rings. The minimum atomic E-state index is -0.438. The molecule has 2 unspecified atom stereocenters. The van der Waals surface area contributed by atoms with Crippen LogP contribution in [0.1, 0.15) is 44.4 Å². The number of nitro benzene ring substituents is 1. The molecule has 1 heterocycles. The molecule has 7 heteroatoms. The summed E-state index contributed by atoms with van der Waals surface area (Å²) >= 11 is 0. The fourth-order valence-electron chi connectivity index (χ4n) is 3.52. The second-order valence-electron chi connectivity index (χ2n) is 8.70. The molecule has 0 aliphatic heterocycles. The van der Waals surface area contributed by atoms with Gasteiger partial charge in [0.2, 0.25) is 5.91 Å². The maximum absolute atomic E-state index is 12.9. The lowest BCUT2D eigenvalue weighted by atomic mass is 9.92. The Morgan fingerprint density at radius 3 is 2.40 bits per heavy atom. The van der Waals surface area contributed by atoms with Crippen LogP contribution in [-0.2, 0) is 10.2 Å². The lowest BCUT2D eigenvalue weighted by molar-refractivity contribution is -0.384. The van der Waals surface area contributed by atoms with Gasteiger partial charge >= 0.3 is 0 Å². The van der Waals surface area contributed by atoms with Crippen molar-refractivity contribution in [2.24, 2.45) is 5.92 Å². The molecule has 2 atom stereocenters. The van der Waals surface area contributed by atoms with Gasteiger partial charge in [-0.3, -0.25) is 14.9 Å². The van der Waals surface area contributed by atoms with Crippen molar-refractivity contribution in [1.82, 2.24) is 9.78 Å². The standard InChI is InChI=1S/C23H24N4O3/c1-23(2,3)20-14-21(26(25-20)16-9-11-17(12-10-16)27(29)30)24-22(28)19-13-18(19)15-7-5-4-6-8-15/h4-12,14,18-19H,13H2,1-3H3,(H,24,28). The highest BCUT2D eigenvalue weighted by atomic mass is 16.6. The molecule has 0 saturated heterocycles. The van der Waals surface area contributed by atoms with Gasteiger partial charge in [0.25, 0.3) is 5.69 Å². The first kappa shape index (κ1) is 19.8. The molecule has 1 amide bonds. The van der Waals surface area contributed by atoms with Gasteiger partial charge in [-0.2, -0.15) is 5.10 Å². The van der Waals surface area contributed by atoms with Gasteiger partial charge in [-0.1, -0.05) is 51.1 Å². The molecule has 0 radical (unpaired) electrons. The van der Waals surface area contributed by atoms with Crippen LogP contribution in [0.4, 0.5) is 11.5 Å². The summed E-state index contributed by atoms with van der Waals surface area (Å²) in [4.78, 5) is 23.4. The summed E-state index contributed by atoms with van der Waals surface area (Å²) in [6.45, 7) is 6.15. The van der Waals surface area contributed by atoms with E-state index in [1.807, 2.05) is 45.0 Å². The third-order valence-corrected chi connectivity index (χ3v) is 5.39. The monoisotopic (exact) mass is 404 g/mol. The maximum atomic E-state index is 12.9. The van der Waals surface area contributed by atoms with Crippen LogP contribution in [-0.4, -0.2) is 20.6 Å². The smallest absolute Gasteiger partial charge is 0.269 e. The van der Waals surface area contributed by atoms with E-state index in [9.17, 15) is 14.9 Å². The van der Waals surface area contributed by atoms with Gasteiger partial charge in [-0.15, -0.1) is 0 Å². The van der Waals surface area contributed by atoms with Crippen LogP contribution >= 0.6 is 0 Å². The Labute approximate surface area is 174 Å². The quantitative estimate of drug-likeness (QED) is 0.488. The van der Waals surface area contributed by atoms with Crippen molar-refractivity contribution < 1.29 is 9.72 Å². The van der Waals surface area contributed by atoms with E-state index >= 15 is 0 Å².